The average molecular weight is 391 g/mol. The number of benzene rings is 3. The van der Waals surface area contributed by atoms with Crippen LogP contribution in [0, 0.1) is 5.82 Å². The molecule has 3 aromatic carbocycles. The van der Waals surface area contributed by atoms with Crippen molar-refractivity contribution >= 4 is 17.7 Å². The predicted octanol–water partition coefficient (Wildman–Crippen LogP) is 5.05. The maximum atomic E-state index is 13.2. The Balaban J connectivity index is 2.05. The van der Waals surface area contributed by atoms with Gasteiger partial charge in [0, 0.05) is 5.56 Å². The maximum absolute atomic E-state index is 13.2. The minimum absolute atomic E-state index is 0.0226. The molecule has 0 bridgehead atoms. The molecule has 0 aliphatic heterocycles. The topological polar surface area (TPSA) is 83.5 Å². The number of carbonyl (C=O) groups is 1. The van der Waals surface area contributed by atoms with Gasteiger partial charge in [0.05, 0.1) is 5.69 Å². The number of aromatic carboxylic acids is 1. The third-order valence-electron chi connectivity index (χ3n) is 4.72. The van der Waals surface area contributed by atoms with Crippen molar-refractivity contribution in [3.8, 4) is 5.75 Å². The molecule has 0 atom stereocenters. The Kier molecular flexibility index (Phi) is 5.98. The lowest BCUT2D eigenvalue weighted by molar-refractivity contribution is 0.0693. The van der Waals surface area contributed by atoms with E-state index in [0.29, 0.717) is 24.0 Å². The molecule has 0 spiro atoms. The highest BCUT2D eigenvalue weighted by Crippen LogP contribution is 2.35. The number of aromatic hydroxyl groups is 1. The summed E-state index contributed by atoms with van der Waals surface area (Å²) >= 11 is 0. The number of hydrogen-bond acceptors (Lipinski definition) is 3. The van der Waals surface area contributed by atoms with Gasteiger partial charge in [0.2, 0.25) is 0 Å². The Bertz CT molecular complexity index is 1060. The third-order valence-corrected chi connectivity index (χ3v) is 4.72. The number of rotatable bonds is 6. The van der Waals surface area contributed by atoms with Crippen LogP contribution in [0.4, 0.5) is 10.1 Å². The van der Waals surface area contributed by atoms with E-state index in [1.165, 1.54) is 18.2 Å². The Labute approximate surface area is 168 Å². The lowest BCUT2D eigenvalue weighted by atomic mass is 9.93. The molecule has 0 saturated heterocycles. The largest absolute Gasteiger partial charge is 0.505 e. The summed E-state index contributed by atoms with van der Waals surface area (Å²) in [5, 5.41) is 19.7. The Morgan fingerprint density at radius 1 is 1.07 bits per heavy atom. The van der Waals surface area contributed by atoms with Gasteiger partial charge < -0.3 is 15.9 Å². The van der Waals surface area contributed by atoms with Gasteiger partial charge in [0.25, 0.3) is 0 Å². The van der Waals surface area contributed by atoms with Crippen LogP contribution in [0.5, 0.6) is 5.75 Å². The summed E-state index contributed by atoms with van der Waals surface area (Å²) < 4.78 is 13.2. The van der Waals surface area contributed by atoms with Crippen molar-refractivity contribution in [1.82, 2.24) is 0 Å². The van der Waals surface area contributed by atoms with E-state index < -0.39 is 11.7 Å². The third kappa shape index (κ3) is 4.82. The van der Waals surface area contributed by atoms with Crippen LogP contribution in [0.2, 0.25) is 0 Å². The Morgan fingerprint density at radius 3 is 2.34 bits per heavy atom. The summed E-state index contributed by atoms with van der Waals surface area (Å²) in [6.07, 6.45) is 2.92. The first-order chi connectivity index (χ1) is 13.8. The standard InChI is InChI=1S/C24H22FNO3/c1-15(11-16-5-3-2-4-6-16)12-20-18(13-17-7-9-19(25)10-8-17)14-21(24(28)29)23(27)22(20)26/h2-10,12,14,27H,11,13,26H2,1H3,(H,28,29)/b15-12+. The van der Waals surface area contributed by atoms with Crippen molar-refractivity contribution in [1.29, 1.82) is 0 Å². The number of anilines is 1. The monoisotopic (exact) mass is 391 g/mol. The summed E-state index contributed by atoms with van der Waals surface area (Å²) in [5.41, 5.74) is 10.1. The van der Waals surface area contributed by atoms with E-state index in [4.69, 9.17) is 5.73 Å². The maximum Gasteiger partial charge on any atom is 0.339 e. The van der Waals surface area contributed by atoms with Gasteiger partial charge in [-0.05, 0) is 54.7 Å². The molecule has 0 aliphatic rings. The zero-order chi connectivity index (χ0) is 21.0. The van der Waals surface area contributed by atoms with Crippen molar-refractivity contribution in [2.24, 2.45) is 0 Å². The number of carboxylic acid groups (broad SMARTS) is 1. The molecule has 5 heteroatoms. The Morgan fingerprint density at radius 2 is 1.72 bits per heavy atom. The molecule has 0 amide bonds. The van der Waals surface area contributed by atoms with E-state index in [1.807, 2.05) is 43.3 Å². The zero-order valence-corrected chi connectivity index (χ0v) is 16.0. The summed E-state index contributed by atoms with van der Waals surface area (Å²) in [4.78, 5) is 11.5. The van der Waals surface area contributed by atoms with Crippen LogP contribution in [-0.4, -0.2) is 16.2 Å². The fraction of sp³-hybridized carbons (Fsp3) is 0.125. The van der Waals surface area contributed by atoms with Crippen LogP contribution in [-0.2, 0) is 12.8 Å². The molecule has 0 aromatic heterocycles. The van der Waals surface area contributed by atoms with E-state index in [1.54, 1.807) is 12.1 Å². The van der Waals surface area contributed by atoms with Crippen molar-refractivity contribution in [3.05, 3.63) is 99.9 Å². The lowest BCUT2D eigenvalue weighted by Gasteiger charge is -2.15. The van der Waals surface area contributed by atoms with Crippen LogP contribution in [0.25, 0.3) is 6.08 Å². The van der Waals surface area contributed by atoms with Gasteiger partial charge in [0.15, 0.2) is 5.75 Å². The van der Waals surface area contributed by atoms with Crippen molar-refractivity contribution < 1.29 is 19.4 Å². The molecule has 0 aliphatic carbocycles. The molecule has 0 unspecified atom stereocenters. The molecule has 0 heterocycles. The highest BCUT2D eigenvalue weighted by Gasteiger charge is 2.19. The van der Waals surface area contributed by atoms with E-state index in [9.17, 15) is 19.4 Å². The van der Waals surface area contributed by atoms with Gasteiger partial charge in [0.1, 0.15) is 11.4 Å². The highest BCUT2D eigenvalue weighted by atomic mass is 19.1. The highest BCUT2D eigenvalue weighted by molar-refractivity contribution is 5.95. The second-order valence-electron chi connectivity index (χ2n) is 7.02. The molecular weight excluding hydrogens is 369 g/mol. The predicted molar refractivity (Wildman–Crippen MR) is 112 cm³/mol. The molecule has 0 fully saturated rings. The fourth-order valence-corrected chi connectivity index (χ4v) is 3.28. The van der Waals surface area contributed by atoms with Gasteiger partial charge in [-0.25, -0.2) is 9.18 Å². The number of phenols is 1. The molecule has 3 rings (SSSR count). The van der Waals surface area contributed by atoms with Gasteiger partial charge in [-0.15, -0.1) is 0 Å². The summed E-state index contributed by atoms with van der Waals surface area (Å²) in [7, 11) is 0. The molecule has 0 radical (unpaired) electrons. The number of nitrogens with two attached hydrogens (primary N) is 1. The van der Waals surface area contributed by atoms with Gasteiger partial charge >= 0.3 is 5.97 Å². The quantitative estimate of drug-likeness (QED) is 0.406. The van der Waals surface area contributed by atoms with Crippen LogP contribution in [0.1, 0.15) is 39.5 Å². The fourth-order valence-electron chi connectivity index (χ4n) is 3.28. The van der Waals surface area contributed by atoms with Crippen molar-refractivity contribution in [2.75, 3.05) is 5.73 Å². The van der Waals surface area contributed by atoms with E-state index in [2.05, 4.69) is 0 Å². The van der Waals surface area contributed by atoms with Crippen LogP contribution >= 0.6 is 0 Å². The average Bonchev–Trinajstić information content (AvgIpc) is 2.69. The first-order valence-corrected chi connectivity index (χ1v) is 9.18. The number of halogens is 1. The number of allylic oxidation sites excluding steroid dienone is 1. The van der Waals surface area contributed by atoms with Gasteiger partial charge in [-0.2, -0.15) is 0 Å². The number of carboxylic acids is 1. The van der Waals surface area contributed by atoms with E-state index in [0.717, 1.165) is 16.7 Å². The lowest BCUT2D eigenvalue weighted by Crippen LogP contribution is -2.06. The van der Waals surface area contributed by atoms with Crippen LogP contribution in [0.15, 0.2) is 66.2 Å². The summed E-state index contributed by atoms with van der Waals surface area (Å²) in [5.74, 6) is -2.05. The second-order valence-corrected chi connectivity index (χ2v) is 7.02. The Hall–Kier alpha value is -3.60. The molecule has 29 heavy (non-hydrogen) atoms. The minimum atomic E-state index is -1.26. The van der Waals surface area contributed by atoms with Crippen LogP contribution < -0.4 is 5.73 Å². The molecule has 3 aromatic rings. The number of hydrogen-bond donors (Lipinski definition) is 3. The second kappa shape index (κ2) is 8.61. The summed E-state index contributed by atoms with van der Waals surface area (Å²) in [6.45, 7) is 1.95. The number of nitrogen functional groups attached to an aromatic ring is 1. The first kappa shape index (κ1) is 20.1. The normalized spacial score (nSPS) is 11.4. The molecule has 4 nitrogen and oxygen atoms in total. The molecular formula is C24H22FNO3. The van der Waals surface area contributed by atoms with Crippen molar-refractivity contribution in [3.63, 3.8) is 0 Å². The SMILES string of the molecule is C/C(=C\c1c(Cc2ccc(F)cc2)cc(C(=O)O)c(O)c1N)Cc1ccccc1. The van der Waals surface area contributed by atoms with Crippen molar-refractivity contribution in [2.45, 2.75) is 19.8 Å². The smallest absolute Gasteiger partial charge is 0.339 e. The van der Waals surface area contributed by atoms with E-state index >= 15 is 0 Å². The van der Waals surface area contributed by atoms with E-state index in [-0.39, 0.29) is 17.1 Å². The molecule has 0 saturated carbocycles. The molecule has 148 valence electrons. The van der Waals surface area contributed by atoms with Gasteiger partial charge in [-0.3, -0.25) is 0 Å². The zero-order valence-electron chi connectivity index (χ0n) is 16.0. The molecule has 4 N–H and O–H groups in total. The first-order valence-electron chi connectivity index (χ1n) is 9.18. The minimum Gasteiger partial charge on any atom is -0.505 e. The van der Waals surface area contributed by atoms with Crippen LogP contribution in [0.3, 0.4) is 0 Å². The summed E-state index contributed by atoms with van der Waals surface area (Å²) in [6, 6.07) is 17.3. The van der Waals surface area contributed by atoms with Gasteiger partial charge in [-0.1, -0.05) is 54.1 Å².